The number of rotatable bonds is 3. The van der Waals surface area contributed by atoms with E-state index in [1.54, 1.807) is 12.1 Å². The van der Waals surface area contributed by atoms with Crippen LogP contribution in [0.15, 0.2) is 29.7 Å². The third-order valence-electron chi connectivity index (χ3n) is 4.35. The van der Waals surface area contributed by atoms with Gasteiger partial charge >= 0.3 is 13.1 Å². The van der Waals surface area contributed by atoms with Gasteiger partial charge in [0, 0.05) is 0 Å². The summed E-state index contributed by atoms with van der Waals surface area (Å²) < 4.78 is 16.7. The van der Waals surface area contributed by atoms with E-state index >= 15 is 0 Å². The summed E-state index contributed by atoms with van der Waals surface area (Å²) in [6.45, 7) is 10.1. The van der Waals surface area contributed by atoms with Gasteiger partial charge in [-0.25, -0.2) is 4.79 Å². The van der Waals surface area contributed by atoms with Crippen molar-refractivity contribution in [3.8, 4) is 0 Å². The fourth-order valence-electron chi connectivity index (χ4n) is 2.19. The third kappa shape index (κ3) is 3.26. The molecule has 0 aliphatic carbocycles. The molecule has 0 radical (unpaired) electrons. The summed E-state index contributed by atoms with van der Waals surface area (Å²) >= 11 is 0. The van der Waals surface area contributed by atoms with E-state index in [1.807, 2.05) is 52.8 Å². The molecule has 1 aliphatic heterocycles. The van der Waals surface area contributed by atoms with Gasteiger partial charge in [-0.15, -0.1) is 0 Å². The van der Waals surface area contributed by atoms with Crippen LogP contribution in [0, 0.1) is 0 Å². The monoisotopic (exact) mass is 302 g/mol. The van der Waals surface area contributed by atoms with Crippen molar-refractivity contribution in [2.24, 2.45) is 0 Å². The zero-order chi connectivity index (χ0) is 16.5. The fourth-order valence-corrected chi connectivity index (χ4v) is 2.19. The molecule has 0 spiro atoms. The third-order valence-corrected chi connectivity index (χ3v) is 4.35. The van der Waals surface area contributed by atoms with Crippen LogP contribution >= 0.6 is 0 Å². The van der Waals surface area contributed by atoms with Gasteiger partial charge in [-0.05, 0) is 57.8 Å². The number of carbonyl (C=O) groups is 1. The van der Waals surface area contributed by atoms with Crippen molar-refractivity contribution in [3.63, 3.8) is 0 Å². The lowest BCUT2D eigenvalue weighted by molar-refractivity contribution is 0.00578. The van der Waals surface area contributed by atoms with Gasteiger partial charge < -0.3 is 14.0 Å². The van der Waals surface area contributed by atoms with Crippen molar-refractivity contribution in [1.29, 1.82) is 0 Å². The maximum absolute atomic E-state index is 11.4. The van der Waals surface area contributed by atoms with Crippen LogP contribution in [0.25, 0.3) is 6.08 Å². The van der Waals surface area contributed by atoms with Crippen molar-refractivity contribution in [3.05, 3.63) is 40.9 Å². The Morgan fingerprint density at radius 2 is 1.59 bits per heavy atom. The molecule has 118 valence electrons. The van der Waals surface area contributed by atoms with Crippen LogP contribution < -0.4 is 0 Å². The second kappa shape index (κ2) is 5.90. The zero-order valence-electron chi connectivity index (χ0n) is 14.1. The molecule has 1 fully saturated rings. The molecule has 1 aromatic rings. The average Bonchev–Trinajstić information content (AvgIpc) is 2.67. The molecule has 0 N–H and O–H groups in total. The highest BCUT2D eigenvalue weighted by Gasteiger charge is 2.51. The number of esters is 1. The van der Waals surface area contributed by atoms with E-state index in [1.165, 1.54) is 7.11 Å². The Morgan fingerprint density at radius 1 is 1.09 bits per heavy atom. The van der Waals surface area contributed by atoms with Crippen LogP contribution in [0.5, 0.6) is 0 Å². The highest BCUT2D eigenvalue weighted by atomic mass is 16.7. The van der Waals surface area contributed by atoms with Gasteiger partial charge in [0.2, 0.25) is 0 Å². The largest absolute Gasteiger partial charge is 0.490 e. The van der Waals surface area contributed by atoms with E-state index in [2.05, 4.69) is 4.74 Å². The molecule has 0 aromatic heterocycles. The zero-order valence-corrected chi connectivity index (χ0v) is 14.1. The molecular formula is C17H23BO4. The maximum atomic E-state index is 11.4. The second-order valence-corrected chi connectivity index (χ2v) is 6.59. The Kier molecular flexibility index (Phi) is 4.50. The first kappa shape index (κ1) is 16.8. The molecule has 2 rings (SSSR count). The molecule has 0 atom stereocenters. The van der Waals surface area contributed by atoms with Crippen molar-refractivity contribution >= 4 is 19.2 Å². The minimum Gasteiger partial charge on any atom is -0.465 e. The molecule has 1 aromatic carbocycles. The number of methoxy groups -OCH3 is 1. The van der Waals surface area contributed by atoms with Gasteiger partial charge in [-0.2, -0.15) is 0 Å². The van der Waals surface area contributed by atoms with Crippen LogP contribution in [-0.4, -0.2) is 31.4 Å². The lowest BCUT2D eigenvalue weighted by atomic mass is 9.78. The summed E-state index contributed by atoms with van der Waals surface area (Å²) in [6.07, 6.45) is 2.00. The second-order valence-electron chi connectivity index (χ2n) is 6.59. The summed E-state index contributed by atoms with van der Waals surface area (Å²) in [4.78, 5) is 11.4. The van der Waals surface area contributed by atoms with E-state index in [4.69, 9.17) is 9.31 Å². The van der Waals surface area contributed by atoms with Crippen LogP contribution in [-0.2, 0) is 14.0 Å². The first-order chi connectivity index (χ1) is 10.2. The molecule has 1 heterocycles. The van der Waals surface area contributed by atoms with E-state index in [0.29, 0.717) is 5.56 Å². The predicted molar refractivity (Wildman–Crippen MR) is 87.5 cm³/mol. The van der Waals surface area contributed by atoms with Gasteiger partial charge in [0.1, 0.15) is 0 Å². The fraction of sp³-hybridized carbons (Fsp3) is 0.471. The molecular weight excluding hydrogens is 279 g/mol. The number of hydrogen-bond acceptors (Lipinski definition) is 4. The van der Waals surface area contributed by atoms with Gasteiger partial charge in [-0.1, -0.05) is 18.2 Å². The van der Waals surface area contributed by atoms with Crippen LogP contribution in [0.4, 0.5) is 0 Å². The number of hydrogen-bond donors (Lipinski definition) is 0. The Hall–Kier alpha value is -1.59. The normalized spacial score (nSPS) is 20.1. The van der Waals surface area contributed by atoms with Gasteiger partial charge in [0.15, 0.2) is 0 Å². The number of benzene rings is 1. The quantitative estimate of drug-likeness (QED) is 0.633. The molecule has 4 nitrogen and oxygen atoms in total. The maximum Gasteiger partial charge on any atom is 0.490 e. The number of carbonyl (C=O) groups excluding carboxylic acids is 1. The van der Waals surface area contributed by atoms with Crippen molar-refractivity contribution < 1.29 is 18.8 Å². The Labute approximate surface area is 132 Å². The van der Waals surface area contributed by atoms with Crippen LogP contribution in [0.2, 0.25) is 0 Å². The van der Waals surface area contributed by atoms with E-state index in [9.17, 15) is 4.79 Å². The topological polar surface area (TPSA) is 44.8 Å². The molecule has 22 heavy (non-hydrogen) atoms. The first-order valence-electron chi connectivity index (χ1n) is 7.38. The van der Waals surface area contributed by atoms with Gasteiger partial charge in [-0.3, -0.25) is 0 Å². The highest BCUT2D eigenvalue weighted by Crippen LogP contribution is 2.38. The summed E-state index contributed by atoms with van der Waals surface area (Å²) in [7, 11) is 1.02. The van der Waals surface area contributed by atoms with Gasteiger partial charge in [0.25, 0.3) is 0 Å². The standard InChI is InChI=1S/C17H23BO4/c1-12(18-21-16(2,3)17(4,5)22-18)11-13-7-9-14(10-8-13)15(19)20-6/h7-11H,1-6H3/b12-11-. The molecule has 1 aliphatic rings. The molecule has 0 saturated carbocycles. The number of allylic oxidation sites excluding steroid dienone is 1. The minimum atomic E-state index is -0.356. The van der Waals surface area contributed by atoms with Crippen molar-refractivity contribution in [2.45, 2.75) is 45.8 Å². The van der Waals surface area contributed by atoms with E-state index < -0.39 is 0 Å². The summed E-state index contributed by atoms with van der Waals surface area (Å²) in [6, 6.07) is 7.24. The lowest BCUT2D eigenvalue weighted by Crippen LogP contribution is -2.41. The molecule has 0 unspecified atom stereocenters. The molecule has 1 saturated heterocycles. The van der Waals surface area contributed by atoms with Gasteiger partial charge in [0.05, 0.1) is 23.9 Å². The predicted octanol–water partition coefficient (Wildman–Crippen LogP) is 3.51. The lowest BCUT2D eigenvalue weighted by Gasteiger charge is -2.32. The van der Waals surface area contributed by atoms with Crippen molar-refractivity contribution in [1.82, 2.24) is 0 Å². The molecule has 5 heteroatoms. The first-order valence-corrected chi connectivity index (χ1v) is 7.38. The number of ether oxygens (including phenoxy) is 1. The SMILES string of the molecule is COC(=O)c1ccc(/C=C(/C)B2OC(C)(C)C(C)(C)O2)cc1. The Morgan fingerprint density at radius 3 is 2.05 bits per heavy atom. The summed E-state index contributed by atoms with van der Waals surface area (Å²) in [5.41, 5.74) is 1.82. The van der Waals surface area contributed by atoms with Crippen molar-refractivity contribution in [2.75, 3.05) is 7.11 Å². The van der Waals surface area contributed by atoms with Crippen LogP contribution in [0.1, 0.15) is 50.5 Å². The Bertz CT molecular complexity index is 571. The van der Waals surface area contributed by atoms with E-state index in [-0.39, 0.29) is 24.3 Å². The van der Waals surface area contributed by atoms with E-state index in [0.717, 1.165) is 11.0 Å². The molecule has 0 amide bonds. The summed E-state index contributed by atoms with van der Waals surface area (Å²) in [5.74, 6) is -0.335. The summed E-state index contributed by atoms with van der Waals surface area (Å²) in [5, 5.41) is 0. The van der Waals surface area contributed by atoms with Crippen LogP contribution in [0.3, 0.4) is 0 Å². The molecule has 0 bridgehead atoms. The minimum absolute atomic E-state index is 0.335. The smallest absolute Gasteiger partial charge is 0.465 e. The Balaban J connectivity index is 2.15. The highest BCUT2D eigenvalue weighted by molar-refractivity contribution is 6.55. The average molecular weight is 302 g/mol.